The lowest BCUT2D eigenvalue weighted by Crippen LogP contribution is -2.54. The van der Waals surface area contributed by atoms with Gasteiger partial charge in [-0.2, -0.15) is 0 Å². The summed E-state index contributed by atoms with van der Waals surface area (Å²) >= 11 is 0. The Kier molecular flexibility index (Phi) is 2.80. The van der Waals surface area contributed by atoms with Gasteiger partial charge >= 0.3 is 0 Å². The molecule has 1 heterocycles. The van der Waals surface area contributed by atoms with Crippen molar-refractivity contribution in [1.82, 2.24) is 0 Å². The van der Waals surface area contributed by atoms with Crippen LogP contribution in [0.2, 0.25) is 0 Å². The summed E-state index contributed by atoms with van der Waals surface area (Å²) in [5.74, 6) is 3.40. The van der Waals surface area contributed by atoms with Crippen LogP contribution in [-0.4, -0.2) is 19.0 Å². The highest BCUT2D eigenvalue weighted by atomic mass is 16.7. The van der Waals surface area contributed by atoms with Gasteiger partial charge in [0.25, 0.3) is 0 Å². The summed E-state index contributed by atoms with van der Waals surface area (Å²) in [6.07, 6.45) is 8.98. The molecule has 4 rings (SSSR count). The lowest BCUT2D eigenvalue weighted by molar-refractivity contribution is -0.324. The molecule has 4 fully saturated rings. The maximum absolute atomic E-state index is 6.36. The summed E-state index contributed by atoms with van der Waals surface area (Å²) in [4.78, 5) is 0. The molecule has 19 heavy (non-hydrogen) atoms. The van der Waals surface area contributed by atoms with Gasteiger partial charge in [0.2, 0.25) is 0 Å². The predicted octanol–water partition coefficient (Wildman–Crippen LogP) is 3.99. The normalized spacial score (nSPS) is 47.1. The van der Waals surface area contributed by atoms with Crippen molar-refractivity contribution in [2.45, 2.75) is 64.6 Å². The second-order valence-electron chi connectivity index (χ2n) is 7.94. The maximum atomic E-state index is 6.36. The molecule has 4 aliphatic rings. The maximum Gasteiger partial charge on any atom is 0.168 e. The minimum absolute atomic E-state index is 0.180. The van der Waals surface area contributed by atoms with E-state index in [9.17, 15) is 0 Å². The summed E-state index contributed by atoms with van der Waals surface area (Å²) in [7, 11) is 0. The molecular formula is C17H28O2. The Morgan fingerprint density at radius 1 is 0.895 bits per heavy atom. The molecule has 2 spiro atoms. The standard InChI is InChI=1S/C17H28O2/c1-12-13(2)15-8-14(12)9-16(15)10-18-17(19-11-16)6-4-3-5-7-17/h12-15H,3-11H2,1-2H3. The van der Waals surface area contributed by atoms with Gasteiger partial charge in [0.05, 0.1) is 13.2 Å². The minimum atomic E-state index is -0.180. The lowest BCUT2D eigenvalue weighted by Gasteiger charge is -2.51. The molecule has 3 saturated carbocycles. The molecule has 0 amide bonds. The van der Waals surface area contributed by atoms with E-state index in [1.165, 1.54) is 32.1 Å². The van der Waals surface area contributed by atoms with Gasteiger partial charge in [-0.15, -0.1) is 0 Å². The van der Waals surface area contributed by atoms with Crippen molar-refractivity contribution >= 4 is 0 Å². The first-order valence-electron chi connectivity index (χ1n) is 8.42. The average molecular weight is 264 g/mol. The fourth-order valence-electron chi connectivity index (χ4n) is 5.65. The second kappa shape index (κ2) is 4.21. The van der Waals surface area contributed by atoms with Crippen LogP contribution >= 0.6 is 0 Å². The van der Waals surface area contributed by atoms with Crippen LogP contribution in [0, 0.1) is 29.1 Å². The Morgan fingerprint density at radius 3 is 2.16 bits per heavy atom. The van der Waals surface area contributed by atoms with Crippen molar-refractivity contribution in [1.29, 1.82) is 0 Å². The molecule has 108 valence electrons. The molecular weight excluding hydrogens is 236 g/mol. The molecule has 0 aromatic heterocycles. The molecule has 2 nitrogen and oxygen atoms in total. The van der Waals surface area contributed by atoms with Crippen LogP contribution in [0.4, 0.5) is 0 Å². The molecule has 2 bridgehead atoms. The van der Waals surface area contributed by atoms with Gasteiger partial charge in [-0.25, -0.2) is 0 Å². The summed E-state index contributed by atoms with van der Waals surface area (Å²) in [6.45, 7) is 6.87. The fourth-order valence-corrected chi connectivity index (χ4v) is 5.65. The van der Waals surface area contributed by atoms with Crippen molar-refractivity contribution < 1.29 is 9.47 Å². The molecule has 2 heteroatoms. The van der Waals surface area contributed by atoms with Crippen LogP contribution in [0.15, 0.2) is 0 Å². The van der Waals surface area contributed by atoms with Crippen molar-refractivity contribution in [2.75, 3.05) is 13.2 Å². The molecule has 1 saturated heterocycles. The average Bonchev–Trinajstić information content (AvgIpc) is 2.93. The van der Waals surface area contributed by atoms with Crippen molar-refractivity contribution in [2.24, 2.45) is 29.1 Å². The number of ether oxygens (including phenoxy) is 2. The van der Waals surface area contributed by atoms with E-state index in [2.05, 4.69) is 13.8 Å². The third kappa shape index (κ3) is 1.75. The highest BCUT2D eigenvalue weighted by Gasteiger charge is 2.60. The van der Waals surface area contributed by atoms with Gasteiger partial charge in [0, 0.05) is 18.3 Å². The molecule has 4 atom stereocenters. The van der Waals surface area contributed by atoms with E-state index in [0.29, 0.717) is 5.41 Å². The zero-order chi connectivity index (χ0) is 13.1. The number of rotatable bonds is 0. The quantitative estimate of drug-likeness (QED) is 0.658. The predicted molar refractivity (Wildman–Crippen MR) is 74.7 cm³/mol. The number of fused-ring (bicyclic) bond motifs is 3. The van der Waals surface area contributed by atoms with E-state index in [0.717, 1.165) is 49.7 Å². The number of hydrogen-bond donors (Lipinski definition) is 0. The summed E-state index contributed by atoms with van der Waals surface area (Å²) in [6, 6.07) is 0. The third-order valence-electron chi connectivity index (χ3n) is 7.08. The van der Waals surface area contributed by atoms with Crippen molar-refractivity contribution in [3.05, 3.63) is 0 Å². The summed E-state index contributed by atoms with van der Waals surface area (Å²) in [5.41, 5.74) is 0.374. The second-order valence-corrected chi connectivity index (χ2v) is 7.94. The zero-order valence-corrected chi connectivity index (χ0v) is 12.5. The Labute approximate surface area is 117 Å². The topological polar surface area (TPSA) is 18.5 Å². The first kappa shape index (κ1) is 12.6. The minimum Gasteiger partial charge on any atom is -0.349 e. The Hall–Kier alpha value is -0.0800. The fraction of sp³-hybridized carbons (Fsp3) is 1.00. The zero-order valence-electron chi connectivity index (χ0n) is 12.5. The van der Waals surface area contributed by atoms with Gasteiger partial charge in [-0.3, -0.25) is 0 Å². The SMILES string of the molecule is CC1C2CC(C1C)C1(COC3(CCCCC3)OC1)C2. The van der Waals surface area contributed by atoms with E-state index < -0.39 is 0 Å². The van der Waals surface area contributed by atoms with Crippen LogP contribution in [0.25, 0.3) is 0 Å². The third-order valence-corrected chi connectivity index (χ3v) is 7.08. The van der Waals surface area contributed by atoms with E-state index in [1.54, 1.807) is 0 Å². The van der Waals surface area contributed by atoms with Gasteiger partial charge < -0.3 is 9.47 Å². The van der Waals surface area contributed by atoms with Crippen LogP contribution < -0.4 is 0 Å². The Balaban J connectivity index is 1.48. The lowest BCUT2D eigenvalue weighted by atomic mass is 9.66. The first-order chi connectivity index (χ1) is 9.14. The molecule has 4 unspecified atom stereocenters. The molecule has 0 radical (unpaired) electrons. The van der Waals surface area contributed by atoms with E-state index in [1.807, 2.05) is 0 Å². The van der Waals surface area contributed by atoms with Gasteiger partial charge in [-0.05, 0) is 49.4 Å². The summed E-state index contributed by atoms with van der Waals surface area (Å²) < 4.78 is 12.7. The van der Waals surface area contributed by atoms with E-state index in [4.69, 9.17) is 9.47 Å². The molecule has 3 aliphatic carbocycles. The van der Waals surface area contributed by atoms with Crippen LogP contribution in [-0.2, 0) is 9.47 Å². The Morgan fingerprint density at radius 2 is 1.58 bits per heavy atom. The summed E-state index contributed by atoms with van der Waals surface area (Å²) in [5, 5.41) is 0. The van der Waals surface area contributed by atoms with Crippen molar-refractivity contribution in [3.8, 4) is 0 Å². The smallest absolute Gasteiger partial charge is 0.168 e. The largest absolute Gasteiger partial charge is 0.349 e. The Bertz CT molecular complexity index is 346. The highest BCUT2D eigenvalue weighted by Crippen LogP contribution is 2.62. The molecule has 0 N–H and O–H groups in total. The van der Waals surface area contributed by atoms with E-state index >= 15 is 0 Å². The van der Waals surface area contributed by atoms with E-state index in [-0.39, 0.29) is 5.79 Å². The highest BCUT2D eigenvalue weighted by molar-refractivity contribution is 5.07. The monoisotopic (exact) mass is 264 g/mol. The van der Waals surface area contributed by atoms with Crippen LogP contribution in [0.3, 0.4) is 0 Å². The van der Waals surface area contributed by atoms with Crippen LogP contribution in [0.1, 0.15) is 58.8 Å². The van der Waals surface area contributed by atoms with Gasteiger partial charge in [0.1, 0.15) is 0 Å². The van der Waals surface area contributed by atoms with Crippen molar-refractivity contribution in [3.63, 3.8) is 0 Å². The van der Waals surface area contributed by atoms with Gasteiger partial charge in [0.15, 0.2) is 5.79 Å². The molecule has 0 aromatic carbocycles. The molecule has 0 aromatic rings. The van der Waals surface area contributed by atoms with Crippen LogP contribution in [0.5, 0.6) is 0 Å². The first-order valence-corrected chi connectivity index (χ1v) is 8.42. The molecule has 1 aliphatic heterocycles. The van der Waals surface area contributed by atoms with Gasteiger partial charge in [-0.1, -0.05) is 20.3 Å². The number of hydrogen-bond acceptors (Lipinski definition) is 2.